The Balaban J connectivity index is 2.99. The Morgan fingerprint density at radius 2 is 1.85 bits per heavy atom. The number of halogens is 1. The van der Waals surface area contributed by atoms with E-state index in [4.69, 9.17) is 5.11 Å². The van der Waals surface area contributed by atoms with E-state index < -0.39 is 5.60 Å². The molecule has 0 aliphatic heterocycles. The number of aliphatic hydroxyl groups is 2. The van der Waals surface area contributed by atoms with E-state index in [0.29, 0.717) is 12.0 Å². The van der Waals surface area contributed by atoms with Gasteiger partial charge in [0.25, 0.3) is 0 Å². The maximum Gasteiger partial charge on any atom is 0.123 e. The Kier molecular flexibility index (Phi) is 3.01. The minimum atomic E-state index is -1.24. The second kappa shape index (κ2) is 3.85. The van der Waals surface area contributed by atoms with Crippen molar-refractivity contribution in [3.63, 3.8) is 0 Å². The largest absolute Gasteiger partial charge is 0.393 e. The number of aliphatic hydroxyl groups excluding tert-OH is 1. The van der Waals surface area contributed by atoms with Crippen molar-refractivity contribution in [2.45, 2.75) is 18.9 Å². The highest BCUT2D eigenvalue weighted by atomic mass is 19.1. The number of hydrogen-bond acceptors (Lipinski definition) is 2. The summed E-state index contributed by atoms with van der Waals surface area (Å²) in [6.07, 6.45) is 0.398. The molecule has 0 heterocycles. The molecule has 2 N–H and O–H groups in total. The van der Waals surface area contributed by atoms with Crippen molar-refractivity contribution in [1.82, 2.24) is 0 Å². The fraction of sp³-hybridized carbons (Fsp3) is 0.400. The molecule has 1 aromatic carbocycles. The van der Waals surface area contributed by atoms with Crippen molar-refractivity contribution in [2.24, 2.45) is 0 Å². The van der Waals surface area contributed by atoms with Crippen LogP contribution >= 0.6 is 0 Å². The molecule has 3 heteroatoms. The van der Waals surface area contributed by atoms with Crippen LogP contribution in [-0.4, -0.2) is 16.8 Å². The topological polar surface area (TPSA) is 40.5 Å². The SMILES string of the molecule is CCC(O)(CO)c1ccc(F)cc1. The highest BCUT2D eigenvalue weighted by Crippen LogP contribution is 2.23. The van der Waals surface area contributed by atoms with Gasteiger partial charge >= 0.3 is 0 Å². The van der Waals surface area contributed by atoms with Gasteiger partial charge in [-0.3, -0.25) is 0 Å². The smallest absolute Gasteiger partial charge is 0.123 e. The van der Waals surface area contributed by atoms with Gasteiger partial charge in [-0.25, -0.2) is 4.39 Å². The van der Waals surface area contributed by atoms with E-state index in [1.807, 2.05) is 0 Å². The standard InChI is InChI=1S/C10H13FO2/c1-2-10(13,7-12)8-3-5-9(11)6-4-8/h3-6,12-13H,2,7H2,1H3. The van der Waals surface area contributed by atoms with Crippen molar-refractivity contribution in [1.29, 1.82) is 0 Å². The summed E-state index contributed by atoms with van der Waals surface area (Å²) >= 11 is 0. The summed E-state index contributed by atoms with van der Waals surface area (Å²) in [5, 5.41) is 18.8. The van der Waals surface area contributed by atoms with E-state index >= 15 is 0 Å². The van der Waals surface area contributed by atoms with Crippen LogP contribution in [0.2, 0.25) is 0 Å². The lowest BCUT2D eigenvalue weighted by atomic mass is 9.92. The van der Waals surface area contributed by atoms with Crippen LogP contribution < -0.4 is 0 Å². The molecule has 0 saturated carbocycles. The lowest BCUT2D eigenvalue weighted by molar-refractivity contribution is -0.0222. The second-order valence-electron chi connectivity index (χ2n) is 3.05. The van der Waals surface area contributed by atoms with Gasteiger partial charge in [-0.15, -0.1) is 0 Å². The maximum absolute atomic E-state index is 12.5. The van der Waals surface area contributed by atoms with Gasteiger partial charge in [0.2, 0.25) is 0 Å². The predicted molar refractivity (Wildman–Crippen MR) is 47.7 cm³/mol. The van der Waals surface area contributed by atoms with Crippen LogP contribution in [-0.2, 0) is 5.60 Å². The molecule has 1 unspecified atom stereocenters. The van der Waals surface area contributed by atoms with Gasteiger partial charge in [-0.05, 0) is 24.1 Å². The predicted octanol–water partition coefficient (Wildman–Crippen LogP) is 1.42. The van der Waals surface area contributed by atoms with Crippen molar-refractivity contribution < 1.29 is 14.6 Å². The third kappa shape index (κ3) is 2.05. The molecule has 0 bridgehead atoms. The molecule has 0 saturated heterocycles. The van der Waals surface area contributed by atoms with E-state index in [2.05, 4.69) is 0 Å². The van der Waals surface area contributed by atoms with Crippen LogP contribution in [0.3, 0.4) is 0 Å². The average molecular weight is 184 g/mol. The molecule has 1 atom stereocenters. The van der Waals surface area contributed by atoms with E-state index in [-0.39, 0.29) is 12.4 Å². The molecule has 0 spiro atoms. The summed E-state index contributed by atoms with van der Waals surface area (Å²) in [5.41, 5.74) is -0.702. The van der Waals surface area contributed by atoms with Crippen molar-refractivity contribution in [2.75, 3.05) is 6.61 Å². The summed E-state index contributed by atoms with van der Waals surface area (Å²) < 4.78 is 12.5. The Bertz CT molecular complexity index is 265. The molecule has 1 rings (SSSR count). The molecule has 72 valence electrons. The van der Waals surface area contributed by atoms with Gasteiger partial charge < -0.3 is 10.2 Å². The summed E-state index contributed by atoms with van der Waals surface area (Å²) in [6, 6.07) is 5.50. The van der Waals surface area contributed by atoms with Crippen LogP contribution in [0.1, 0.15) is 18.9 Å². The molecular weight excluding hydrogens is 171 g/mol. The molecule has 1 aromatic rings. The zero-order chi connectivity index (χ0) is 9.90. The molecular formula is C10H13FO2. The first-order valence-electron chi connectivity index (χ1n) is 4.21. The van der Waals surface area contributed by atoms with Crippen LogP contribution in [0.5, 0.6) is 0 Å². The molecule has 0 radical (unpaired) electrons. The van der Waals surface area contributed by atoms with E-state index in [1.165, 1.54) is 24.3 Å². The molecule has 0 aliphatic carbocycles. The maximum atomic E-state index is 12.5. The first-order valence-corrected chi connectivity index (χ1v) is 4.21. The van der Waals surface area contributed by atoms with Gasteiger partial charge in [-0.1, -0.05) is 19.1 Å². The summed E-state index contributed by atoms with van der Waals surface area (Å²) in [7, 11) is 0. The molecule has 13 heavy (non-hydrogen) atoms. The van der Waals surface area contributed by atoms with E-state index in [1.54, 1.807) is 6.92 Å². The third-order valence-corrected chi connectivity index (χ3v) is 2.23. The summed E-state index contributed by atoms with van der Waals surface area (Å²) in [5.74, 6) is -0.347. The van der Waals surface area contributed by atoms with Gasteiger partial charge in [-0.2, -0.15) is 0 Å². The first-order chi connectivity index (χ1) is 6.12. The van der Waals surface area contributed by atoms with Crippen LogP contribution in [0.25, 0.3) is 0 Å². The Hall–Kier alpha value is -0.930. The Morgan fingerprint density at radius 3 is 2.23 bits per heavy atom. The third-order valence-electron chi connectivity index (χ3n) is 2.23. The average Bonchev–Trinajstić information content (AvgIpc) is 2.18. The fourth-order valence-corrected chi connectivity index (χ4v) is 1.17. The first kappa shape index (κ1) is 10.2. The van der Waals surface area contributed by atoms with Crippen LogP contribution in [0.15, 0.2) is 24.3 Å². The van der Waals surface area contributed by atoms with E-state index in [9.17, 15) is 9.50 Å². The molecule has 0 amide bonds. The normalized spacial score (nSPS) is 15.4. The van der Waals surface area contributed by atoms with Crippen molar-refractivity contribution in [3.05, 3.63) is 35.6 Å². The molecule has 0 aliphatic rings. The summed E-state index contributed by atoms with van der Waals surface area (Å²) in [6.45, 7) is 1.41. The molecule has 0 fully saturated rings. The minimum Gasteiger partial charge on any atom is -0.393 e. The fourth-order valence-electron chi connectivity index (χ4n) is 1.17. The van der Waals surface area contributed by atoms with Gasteiger partial charge in [0.05, 0.1) is 6.61 Å². The van der Waals surface area contributed by atoms with Crippen LogP contribution in [0.4, 0.5) is 4.39 Å². The van der Waals surface area contributed by atoms with Crippen molar-refractivity contribution in [3.8, 4) is 0 Å². The number of hydrogen-bond donors (Lipinski definition) is 2. The molecule has 0 aromatic heterocycles. The second-order valence-corrected chi connectivity index (χ2v) is 3.05. The number of rotatable bonds is 3. The minimum absolute atomic E-state index is 0.347. The lowest BCUT2D eigenvalue weighted by Crippen LogP contribution is -2.29. The zero-order valence-corrected chi connectivity index (χ0v) is 7.50. The summed E-state index contributed by atoms with van der Waals surface area (Å²) in [4.78, 5) is 0. The van der Waals surface area contributed by atoms with Gasteiger partial charge in [0, 0.05) is 0 Å². The van der Waals surface area contributed by atoms with Gasteiger partial charge in [0.1, 0.15) is 11.4 Å². The molecule has 2 nitrogen and oxygen atoms in total. The quantitative estimate of drug-likeness (QED) is 0.745. The van der Waals surface area contributed by atoms with Gasteiger partial charge in [0.15, 0.2) is 0 Å². The monoisotopic (exact) mass is 184 g/mol. The highest BCUT2D eigenvalue weighted by molar-refractivity contribution is 5.22. The van der Waals surface area contributed by atoms with Crippen molar-refractivity contribution >= 4 is 0 Å². The number of benzene rings is 1. The zero-order valence-electron chi connectivity index (χ0n) is 7.50. The highest BCUT2D eigenvalue weighted by Gasteiger charge is 2.25. The van der Waals surface area contributed by atoms with Crippen LogP contribution in [0, 0.1) is 5.82 Å². The Labute approximate surface area is 76.6 Å². The lowest BCUT2D eigenvalue weighted by Gasteiger charge is -2.24. The van der Waals surface area contributed by atoms with E-state index in [0.717, 1.165) is 0 Å². The Morgan fingerprint density at radius 1 is 1.31 bits per heavy atom.